The van der Waals surface area contributed by atoms with Crippen LogP contribution in [0.3, 0.4) is 0 Å². The van der Waals surface area contributed by atoms with E-state index in [1.807, 2.05) is 25.1 Å². The predicted molar refractivity (Wildman–Crippen MR) is 79.9 cm³/mol. The molecule has 0 bridgehead atoms. The van der Waals surface area contributed by atoms with E-state index in [-0.39, 0.29) is 45.4 Å². The molecule has 0 aromatic heterocycles. The second-order valence-corrected chi connectivity index (χ2v) is 5.21. The second-order valence-electron chi connectivity index (χ2n) is 4.36. The molecule has 1 heterocycles. The van der Waals surface area contributed by atoms with Crippen LogP contribution in [0.2, 0.25) is 0 Å². The van der Waals surface area contributed by atoms with Gasteiger partial charge in [0.25, 0.3) is 0 Å². The number of carbonyl (C=O) groups excluding carboxylic acids is 1. The molecule has 1 radical (unpaired) electrons. The fraction of sp³-hybridized carbons (Fsp3) is 0.400. The Morgan fingerprint density at radius 1 is 1.43 bits per heavy atom. The summed E-state index contributed by atoms with van der Waals surface area (Å²) in [6.07, 6.45) is 4.49. The summed E-state index contributed by atoms with van der Waals surface area (Å²) in [4.78, 5) is 13.7. The SMILES string of the molecule is CCN1C(=O)CC[C-]=C1c1ccc(OCOC)cc1Br.[Y]. The maximum absolute atomic E-state index is 11.9. The standard InChI is InChI=1S/C15H17BrNO3.Y/c1-3-17-14(5-4-6-15(17)18)12-8-7-11(9-13(12)16)20-10-19-2;/h7-9H,3-4,6,10H2,1-2H3;/q-1;. The van der Waals surface area contributed by atoms with Gasteiger partial charge in [0, 0.05) is 52.8 Å². The third kappa shape index (κ3) is 4.62. The smallest absolute Gasteiger partial charge is 0.223 e. The normalized spacial score (nSPS) is 14.5. The van der Waals surface area contributed by atoms with E-state index < -0.39 is 0 Å². The van der Waals surface area contributed by atoms with Gasteiger partial charge >= 0.3 is 0 Å². The third-order valence-corrected chi connectivity index (χ3v) is 3.71. The molecule has 1 aliphatic heterocycles. The number of benzene rings is 1. The van der Waals surface area contributed by atoms with Gasteiger partial charge in [0.1, 0.15) is 5.75 Å². The molecule has 0 fully saturated rings. The molecule has 0 saturated heterocycles. The van der Waals surface area contributed by atoms with Crippen LogP contribution >= 0.6 is 15.9 Å². The minimum atomic E-state index is 0. The number of amides is 1. The first-order valence-corrected chi connectivity index (χ1v) is 7.29. The molecule has 21 heavy (non-hydrogen) atoms. The van der Waals surface area contributed by atoms with Crippen LogP contribution in [-0.4, -0.2) is 31.3 Å². The van der Waals surface area contributed by atoms with Gasteiger partial charge in [0.05, 0.1) is 0 Å². The second kappa shape index (κ2) is 9.03. The van der Waals surface area contributed by atoms with Crippen molar-refractivity contribution >= 4 is 27.5 Å². The van der Waals surface area contributed by atoms with E-state index in [2.05, 4.69) is 22.0 Å². The van der Waals surface area contributed by atoms with Crippen LogP contribution in [0.25, 0.3) is 5.70 Å². The van der Waals surface area contributed by atoms with Crippen molar-refractivity contribution in [2.24, 2.45) is 0 Å². The molecule has 0 unspecified atom stereocenters. The number of ether oxygens (including phenoxy) is 2. The van der Waals surface area contributed by atoms with Crippen molar-refractivity contribution in [3.8, 4) is 5.75 Å². The number of halogens is 1. The molecule has 1 aromatic carbocycles. The fourth-order valence-electron chi connectivity index (χ4n) is 2.12. The maximum Gasteiger partial charge on any atom is 0.223 e. The van der Waals surface area contributed by atoms with Gasteiger partial charge < -0.3 is 14.4 Å². The van der Waals surface area contributed by atoms with E-state index >= 15 is 0 Å². The summed E-state index contributed by atoms with van der Waals surface area (Å²) < 4.78 is 11.1. The molecule has 2 rings (SSSR count). The fourth-order valence-corrected chi connectivity index (χ4v) is 2.67. The quantitative estimate of drug-likeness (QED) is 0.535. The van der Waals surface area contributed by atoms with Crippen LogP contribution in [-0.2, 0) is 42.2 Å². The van der Waals surface area contributed by atoms with Crippen LogP contribution in [0, 0.1) is 6.08 Å². The Balaban J connectivity index is 0.00000220. The predicted octanol–water partition coefficient (Wildman–Crippen LogP) is 3.22. The van der Waals surface area contributed by atoms with Crippen LogP contribution in [0.5, 0.6) is 5.75 Å². The molecule has 0 N–H and O–H groups in total. The van der Waals surface area contributed by atoms with E-state index in [1.54, 1.807) is 12.0 Å². The van der Waals surface area contributed by atoms with Gasteiger partial charge in [-0.2, -0.15) is 0 Å². The number of nitrogens with zero attached hydrogens (tertiary/aromatic N) is 1. The monoisotopic (exact) mass is 427 g/mol. The molecule has 1 amide bonds. The first-order valence-electron chi connectivity index (χ1n) is 6.50. The number of methoxy groups -OCH3 is 1. The topological polar surface area (TPSA) is 38.8 Å². The van der Waals surface area contributed by atoms with Crippen molar-refractivity contribution in [2.45, 2.75) is 19.8 Å². The van der Waals surface area contributed by atoms with Gasteiger partial charge in [0.2, 0.25) is 5.91 Å². The number of carbonyl (C=O) groups is 1. The largest absolute Gasteiger partial charge is 0.468 e. The van der Waals surface area contributed by atoms with Gasteiger partial charge in [-0.1, -0.05) is 20.4 Å². The summed E-state index contributed by atoms with van der Waals surface area (Å²) in [5.41, 5.74) is 1.79. The minimum absolute atomic E-state index is 0. The van der Waals surface area contributed by atoms with E-state index in [0.29, 0.717) is 25.1 Å². The van der Waals surface area contributed by atoms with Crippen molar-refractivity contribution in [1.29, 1.82) is 0 Å². The summed E-state index contributed by atoms with van der Waals surface area (Å²) in [5, 5.41) is 0. The van der Waals surface area contributed by atoms with E-state index in [0.717, 1.165) is 15.7 Å². The molecule has 111 valence electrons. The molecule has 1 aliphatic rings. The zero-order chi connectivity index (χ0) is 14.5. The van der Waals surface area contributed by atoms with Gasteiger partial charge in [0.15, 0.2) is 6.79 Å². The molecule has 0 spiro atoms. The van der Waals surface area contributed by atoms with Crippen LogP contribution in [0.1, 0.15) is 25.3 Å². The summed E-state index contributed by atoms with van der Waals surface area (Å²) in [7, 11) is 1.58. The Bertz CT molecular complexity index is 534. The Morgan fingerprint density at radius 3 is 2.81 bits per heavy atom. The van der Waals surface area contributed by atoms with Gasteiger partial charge in [-0.05, 0) is 19.1 Å². The van der Waals surface area contributed by atoms with Crippen LogP contribution < -0.4 is 4.74 Å². The van der Waals surface area contributed by atoms with Crippen molar-refractivity contribution in [3.05, 3.63) is 34.3 Å². The first-order chi connectivity index (χ1) is 9.67. The van der Waals surface area contributed by atoms with Crippen LogP contribution in [0.15, 0.2) is 22.7 Å². The summed E-state index contributed by atoms with van der Waals surface area (Å²) in [6.45, 7) is 2.82. The number of allylic oxidation sites excluding steroid dienone is 1. The number of hydrogen-bond acceptors (Lipinski definition) is 3. The average molecular weight is 428 g/mol. The summed E-state index contributed by atoms with van der Waals surface area (Å²) in [6, 6.07) is 5.66. The Labute approximate surface area is 158 Å². The Morgan fingerprint density at radius 2 is 2.19 bits per heavy atom. The van der Waals surface area contributed by atoms with Crippen molar-refractivity contribution < 1.29 is 47.0 Å². The van der Waals surface area contributed by atoms with Gasteiger partial charge in [-0.3, -0.25) is 4.79 Å². The minimum Gasteiger partial charge on any atom is -0.468 e. The molecule has 0 atom stereocenters. The van der Waals surface area contributed by atoms with Gasteiger partial charge in [-0.15, -0.1) is 23.7 Å². The zero-order valence-electron chi connectivity index (χ0n) is 12.2. The molecular formula is C15H17BrNO3Y-. The number of rotatable bonds is 5. The van der Waals surface area contributed by atoms with Crippen LogP contribution in [0.4, 0.5) is 0 Å². The molecule has 4 nitrogen and oxygen atoms in total. The maximum atomic E-state index is 11.9. The van der Waals surface area contributed by atoms with E-state index in [1.165, 1.54) is 0 Å². The Kier molecular flexibility index (Phi) is 8.10. The Hall–Kier alpha value is -0.226. The third-order valence-electron chi connectivity index (χ3n) is 3.06. The van der Waals surface area contributed by atoms with Crippen molar-refractivity contribution in [1.82, 2.24) is 4.90 Å². The zero-order valence-corrected chi connectivity index (χ0v) is 16.6. The first kappa shape index (κ1) is 18.8. The molecule has 0 aliphatic carbocycles. The van der Waals surface area contributed by atoms with Crippen molar-refractivity contribution in [2.75, 3.05) is 20.4 Å². The number of hydrogen-bond donors (Lipinski definition) is 0. The summed E-state index contributed by atoms with van der Waals surface area (Å²) >= 11 is 3.53. The van der Waals surface area contributed by atoms with Crippen molar-refractivity contribution in [3.63, 3.8) is 0 Å². The molecule has 1 aromatic rings. The van der Waals surface area contributed by atoms with E-state index in [4.69, 9.17) is 9.47 Å². The van der Waals surface area contributed by atoms with Gasteiger partial charge in [-0.25, -0.2) is 6.08 Å². The molecule has 6 heteroatoms. The van der Waals surface area contributed by atoms with E-state index in [9.17, 15) is 4.79 Å². The molecular weight excluding hydrogens is 411 g/mol. The summed E-state index contributed by atoms with van der Waals surface area (Å²) in [5.74, 6) is 0.862. The molecule has 0 saturated carbocycles. The average Bonchev–Trinajstić information content (AvgIpc) is 2.45.